The van der Waals surface area contributed by atoms with E-state index in [-0.39, 0.29) is 5.97 Å². The summed E-state index contributed by atoms with van der Waals surface area (Å²) in [6.45, 7) is 6.20. The van der Waals surface area contributed by atoms with E-state index in [2.05, 4.69) is 15.2 Å². The third-order valence-electron chi connectivity index (χ3n) is 4.55. The fourth-order valence-corrected chi connectivity index (χ4v) is 3.09. The molecule has 112 valence electrons. The number of rotatable bonds is 6. The minimum atomic E-state index is -0.705. The summed E-state index contributed by atoms with van der Waals surface area (Å²) in [5.41, 5.74) is -0.705. The van der Waals surface area contributed by atoms with E-state index in [0.717, 1.165) is 5.82 Å². The number of nitrogens with one attached hydrogen (secondary N) is 1. The standard InChI is InChI=1S/C15H25N3O2/c1-4-15(5-2,14(19)20-6-3)13-16-12(17-18-13)11-9-7-8-10-11/h11H,4-10H2,1-3H3,(H,16,17,18). The topological polar surface area (TPSA) is 67.9 Å². The summed E-state index contributed by atoms with van der Waals surface area (Å²) in [7, 11) is 0. The highest BCUT2D eigenvalue weighted by Crippen LogP contribution is 2.35. The van der Waals surface area contributed by atoms with Gasteiger partial charge in [-0.1, -0.05) is 26.7 Å². The first-order chi connectivity index (χ1) is 9.67. The van der Waals surface area contributed by atoms with Gasteiger partial charge in [-0.05, 0) is 32.6 Å². The van der Waals surface area contributed by atoms with E-state index >= 15 is 0 Å². The van der Waals surface area contributed by atoms with Crippen molar-refractivity contribution in [2.45, 2.75) is 70.6 Å². The molecule has 1 saturated carbocycles. The van der Waals surface area contributed by atoms with Gasteiger partial charge in [-0.25, -0.2) is 4.98 Å². The van der Waals surface area contributed by atoms with Gasteiger partial charge in [0.1, 0.15) is 11.2 Å². The molecule has 0 spiro atoms. The van der Waals surface area contributed by atoms with Gasteiger partial charge in [-0.3, -0.25) is 9.89 Å². The molecule has 5 nitrogen and oxygen atoms in total. The van der Waals surface area contributed by atoms with Crippen LogP contribution in [0.1, 0.15) is 76.9 Å². The monoisotopic (exact) mass is 279 g/mol. The van der Waals surface area contributed by atoms with Gasteiger partial charge in [0, 0.05) is 5.92 Å². The minimum absolute atomic E-state index is 0.207. The zero-order chi connectivity index (χ0) is 14.6. The molecule has 2 rings (SSSR count). The molecule has 0 aliphatic heterocycles. The van der Waals surface area contributed by atoms with Crippen molar-refractivity contribution in [3.63, 3.8) is 0 Å². The van der Waals surface area contributed by atoms with Crippen LogP contribution in [0.25, 0.3) is 0 Å². The van der Waals surface area contributed by atoms with E-state index in [4.69, 9.17) is 4.74 Å². The molecule has 1 aliphatic carbocycles. The maximum Gasteiger partial charge on any atom is 0.319 e. The fourth-order valence-electron chi connectivity index (χ4n) is 3.09. The lowest BCUT2D eigenvalue weighted by Crippen LogP contribution is -2.37. The number of carbonyl (C=O) groups excluding carboxylic acids is 1. The molecule has 0 radical (unpaired) electrons. The molecule has 1 aromatic heterocycles. The largest absolute Gasteiger partial charge is 0.465 e. The fraction of sp³-hybridized carbons (Fsp3) is 0.800. The van der Waals surface area contributed by atoms with Crippen molar-refractivity contribution in [2.24, 2.45) is 0 Å². The molecule has 20 heavy (non-hydrogen) atoms. The van der Waals surface area contributed by atoms with Crippen molar-refractivity contribution in [1.82, 2.24) is 15.2 Å². The molecule has 0 amide bonds. The molecule has 1 aliphatic rings. The van der Waals surface area contributed by atoms with Crippen LogP contribution in [-0.2, 0) is 14.9 Å². The Hall–Kier alpha value is -1.39. The number of hydrogen-bond acceptors (Lipinski definition) is 4. The van der Waals surface area contributed by atoms with Crippen LogP contribution in [-0.4, -0.2) is 27.8 Å². The van der Waals surface area contributed by atoms with Crippen molar-refractivity contribution in [2.75, 3.05) is 6.61 Å². The van der Waals surface area contributed by atoms with Crippen LogP contribution in [0.4, 0.5) is 0 Å². The number of carbonyl (C=O) groups is 1. The minimum Gasteiger partial charge on any atom is -0.465 e. The predicted octanol–water partition coefficient (Wildman–Crippen LogP) is 3.08. The van der Waals surface area contributed by atoms with Crippen molar-refractivity contribution >= 4 is 5.97 Å². The maximum atomic E-state index is 12.3. The lowest BCUT2D eigenvalue weighted by Gasteiger charge is -2.25. The number of ether oxygens (including phenoxy) is 1. The van der Waals surface area contributed by atoms with Gasteiger partial charge >= 0.3 is 5.97 Å². The second-order valence-corrected chi connectivity index (χ2v) is 5.54. The van der Waals surface area contributed by atoms with Gasteiger partial charge in [0.05, 0.1) is 6.61 Å². The molecular weight excluding hydrogens is 254 g/mol. The van der Waals surface area contributed by atoms with Crippen LogP contribution in [0.2, 0.25) is 0 Å². The van der Waals surface area contributed by atoms with E-state index in [1.54, 1.807) is 0 Å². The van der Waals surface area contributed by atoms with E-state index < -0.39 is 5.41 Å². The Morgan fingerprint density at radius 3 is 2.50 bits per heavy atom. The molecule has 0 saturated heterocycles. The SMILES string of the molecule is CCOC(=O)C(CC)(CC)c1n[nH]c(C2CCCC2)n1. The number of nitrogens with zero attached hydrogens (tertiary/aromatic N) is 2. The number of aromatic nitrogens is 3. The van der Waals surface area contributed by atoms with Crippen LogP contribution in [0.3, 0.4) is 0 Å². The normalized spacial score (nSPS) is 16.6. The molecular formula is C15H25N3O2. The number of H-pyrrole nitrogens is 1. The first-order valence-electron chi connectivity index (χ1n) is 7.77. The molecule has 5 heteroatoms. The smallest absolute Gasteiger partial charge is 0.319 e. The Kier molecular flexibility index (Phi) is 4.78. The Morgan fingerprint density at radius 2 is 1.95 bits per heavy atom. The molecule has 0 aromatic carbocycles. The van der Waals surface area contributed by atoms with Gasteiger partial charge in [0.25, 0.3) is 0 Å². The molecule has 0 atom stereocenters. The second-order valence-electron chi connectivity index (χ2n) is 5.54. The zero-order valence-electron chi connectivity index (χ0n) is 12.7. The van der Waals surface area contributed by atoms with Crippen LogP contribution < -0.4 is 0 Å². The van der Waals surface area contributed by atoms with Crippen molar-refractivity contribution in [1.29, 1.82) is 0 Å². The Balaban J connectivity index is 2.27. The van der Waals surface area contributed by atoms with Gasteiger partial charge in [-0.15, -0.1) is 0 Å². The van der Waals surface area contributed by atoms with E-state index in [1.807, 2.05) is 20.8 Å². The maximum absolute atomic E-state index is 12.3. The molecule has 1 aromatic rings. The molecule has 1 heterocycles. The summed E-state index contributed by atoms with van der Waals surface area (Å²) >= 11 is 0. The summed E-state index contributed by atoms with van der Waals surface area (Å²) in [6.07, 6.45) is 6.16. The average molecular weight is 279 g/mol. The molecule has 1 N–H and O–H groups in total. The van der Waals surface area contributed by atoms with Crippen molar-refractivity contribution < 1.29 is 9.53 Å². The predicted molar refractivity (Wildman–Crippen MR) is 76.5 cm³/mol. The summed E-state index contributed by atoms with van der Waals surface area (Å²) in [4.78, 5) is 17.0. The van der Waals surface area contributed by atoms with Gasteiger partial charge in [-0.2, -0.15) is 5.10 Å². The third kappa shape index (κ3) is 2.58. The first kappa shape index (κ1) is 15.0. The highest BCUT2D eigenvalue weighted by atomic mass is 16.5. The number of aromatic amines is 1. The third-order valence-corrected chi connectivity index (χ3v) is 4.55. The van der Waals surface area contributed by atoms with E-state index in [1.165, 1.54) is 25.7 Å². The van der Waals surface area contributed by atoms with Crippen LogP contribution >= 0.6 is 0 Å². The highest BCUT2D eigenvalue weighted by molar-refractivity contribution is 5.82. The Morgan fingerprint density at radius 1 is 1.30 bits per heavy atom. The van der Waals surface area contributed by atoms with Crippen LogP contribution in [0.15, 0.2) is 0 Å². The van der Waals surface area contributed by atoms with Gasteiger partial charge in [0.15, 0.2) is 5.82 Å². The van der Waals surface area contributed by atoms with Crippen LogP contribution in [0.5, 0.6) is 0 Å². The summed E-state index contributed by atoms with van der Waals surface area (Å²) in [5, 5.41) is 7.39. The Bertz CT molecular complexity index is 446. The summed E-state index contributed by atoms with van der Waals surface area (Å²) < 4.78 is 5.25. The Labute approximate surface area is 120 Å². The molecule has 1 fully saturated rings. The van der Waals surface area contributed by atoms with E-state index in [9.17, 15) is 4.79 Å². The summed E-state index contributed by atoms with van der Waals surface area (Å²) in [5.74, 6) is 1.81. The molecule has 0 unspecified atom stereocenters. The second kappa shape index (κ2) is 6.37. The van der Waals surface area contributed by atoms with Crippen molar-refractivity contribution in [3.05, 3.63) is 11.6 Å². The number of esters is 1. The quantitative estimate of drug-likeness (QED) is 0.812. The lowest BCUT2D eigenvalue weighted by molar-refractivity contribution is -0.151. The van der Waals surface area contributed by atoms with Gasteiger partial charge < -0.3 is 4.74 Å². The van der Waals surface area contributed by atoms with Crippen LogP contribution in [0, 0.1) is 0 Å². The van der Waals surface area contributed by atoms with Crippen molar-refractivity contribution in [3.8, 4) is 0 Å². The molecule has 0 bridgehead atoms. The van der Waals surface area contributed by atoms with Gasteiger partial charge in [0.2, 0.25) is 0 Å². The first-order valence-corrected chi connectivity index (χ1v) is 7.77. The zero-order valence-corrected chi connectivity index (χ0v) is 12.7. The van der Waals surface area contributed by atoms with E-state index in [0.29, 0.717) is 31.2 Å². The average Bonchev–Trinajstić information content (AvgIpc) is 3.12. The summed E-state index contributed by atoms with van der Waals surface area (Å²) in [6, 6.07) is 0. The highest BCUT2D eigenvalue weighted by Gasteiger charge is 2.42. The lowest BCUT2D eigenvalue weighted by atomic mass is 9.81. The number of hydrogen-bond donors (Lipinski definition) is 1.